The van der Waals surface area contributed by atoms with Crippen LogP contribution in [0.4, 0.5) is 5.82 Å². The van der Waals surface area contributed by atoms with Crippen molar-refractivity contribution in [3.8, 4) is 0 Å². The quantitative estimate of drug-likeness (QED) is 0.709. The summed E-state index contributed by atoms with van der Waals surface area (Å²) in [6.07, 6.45) is 4.88. The predicted molar refractivity (Wildman–Crippen MR) is 100 cm³/mol. The van der Waals surface area contributed by atoms with Gasteiger partial charge in [-0.15, -0.1) is 0 Å². The first-order valence-corrected chi connectivity index (χ1v) is 8.69. The first kappa shape index (κ1) is 16.5. The molecule has 0 aliphatic carbocycles. The molecule has 1 amide bonds. The first-order chi connectivity index (χ1) is 12.6. The molecule has 0 radical (unpaired) electrons. The number of fused-ring (bicyclic) bond motifs is 1. The van der Waals surface area contributed by atoms with Gasteiger partial charge < -0.3 is 10.3 Å². The second-order valence-electron chi connectivity index (χ2n) is 6.71. The Morgan fingerprint density at radius 2 is 2.12 bits per heavy atom. The van der Waals surface area contributed by atoms with Crippen LogP contribution in [0.3, 0.4) is 0 Å². The van der Waals surface area contributed by atoms with Gasteiger partial charge in [-0.05, 0) is 44.6 Å². The largest absolute Gasteiger partial charge is 0.357 e. The van der Waals surface area contributed by atoms with Crippen LogP contribution in [-0.2, 0) is 0 Å². The normalized spacial score (nSPS) is 17.5. The van der Waals surface area contributed by atoms with Gasteiger partial charge in [0.1, 0.15) is 12.1 Å². The highest BCUT2D eigenvalue weighted by molar-refractivity contribution is 6.04. The Balaban J connectivity index is 1.54. The lowest BCUT2D eigenvalue weighted by molar-refractivity contribution is 0.102. The summed E-state index contributed by atoms with van der Waals surface area (Å²) in [6.45, 7) is 1.11. The Morgan fingerprint density at radius 1 is 1.31 bits per heavy atom. The van der Waals surface area contributed by atoms with E-state index in [4.69, 9.17) is 0 Å². The molecule has 1 saturated heterocycles. The van der Waals surface area contributed by atoms with Crippen molar-refractivity contribution < 1.29 is 9.59 Å². The van der Waals surface area contributed by atoms with E-state index in [1.54, 1.807) is 30.5 Å². The standard InChI is InChI=1S/C20H20N4O2/c1-24-8-2-3-18(24)17-9-15-11-21-19(10-16(15)22-17)23-20(26)14-6-4-13(12-25)5-7-14/h4-7,9-12,18,22H,2-3,8H2,1H3,(H,21,23,26)/t18-/m1/s1. The molecule has 26 heavy (non-hydrogen) atoms. The molecule has 0 unspecified atom stereocenters. The molecule has 4 rings (SSSR count). The molecule has 2 aromatic heterocycles. The molecule has 0 saturated carbocycles. The van der Waals surface area contributed by atoms with Gasteiger partial charge in [-0.25, -0.2) is 4.98 Å². The van der Waals surface area contributed by atoms with Crippen LogP contribution in [0, 0.1) is 0 Å². The number of nitrogens with one attached hydrogen (secondary N) is 2. The topological polar surface area (TPSA) is 78.1 Å². The van der Waals surface area contributed by atoms with E-state index < -0.39 is 0 Å². The Bertz CT molecular complexity index is 962. The summed E-state index contributed by atoms with van der Waals surface area (Å²) in [5.41, 5.74) is 3.17. The Kier molecular flexibility index (Phi) is 4.26. The lowest BCUT2D eigenvalue weighted by atomic mass is 10.1. The fourth-order valence-corrected chi connectivity index (χ4v) is 3.50. The van der Waals surface area contributed by atoms with Crippen molar-refractivity contribution in [2.45, 2.75) is 18.9 Å². The number of H-pyrrole nitrogens is 1. The SMILES string of the molecule is CN1CCC[C@@H]1c1cc2cnc(NC(=O)c3ccc(C=O)cc3)cc2[nH]1. The van der Waals surface area contributed by atoms with Gasteiger partial charge in [0.05, 0.1) is 5.52 Å². The lowest BCUT2D eigenvalue weighted by Gasteiger charge is -2.17. The van der Waals surface area contributed by atoms with Crippen molar-refractivity contribution in [1.82, 2.24) is 14.9 Å². The average Bonchev–Trinajstić information content (AvgIpc) is 3.27. The summed E-state index contributed by atoms with van der Waals surface area (Å²) in [5.74, 6) is 0.242. The van der Waals surface area contributed by atoms with Crippen LogP contribution < -0.4 is 5.32 Å². The number of carbonyl (C=O) groups excluding carboxylic acids is 2. The average molecular weight is 348 g/mol. The van der Waals surface area contributed by atoms with Gasteiger partial charge in [0.15, 0.2) is 0 Å². The second kappa shape index (κ2) is 6.72. The Hall–Kier alpha value is -2.99. The van der Waals surface area contributed by atoms with Crippen LogP contribution in [0.2, 0.25) is 0 Å². The lowest BCUT2D eigenvalue weighted by Crippen LogP contribution is -2.17. The molecule has 1 atom stereocenters. The van der Waals surface area contributed by atoms with Crippen molar-refractivity contribution in [3.63, 3.8) is 0 Å². The maximum atomic E-state index is 12.4. The molecule has 6 nitrogen and oxygen atoms in total. The molecule has 1 fully saturated rings. The molecule has 0 spiro atoms. The highest BCUT2D eigenvalue weighted by Crippen LogP contribution is 2.32. The van der Waals surface area contributed by atoms with Crippen LogP contribution in [0.5, 0.6) is 0 Å². The minimum absolute atomic E-state index is 0.253. The van der Waals surface area contributed by atoms with Crippen molar-refractivity contribution in [2.24, 2.45) is 0 Å². The third-order valence-corrected chi connectivity index (χ3v) is 4.95. The number of anilines is 1. The zero-order chi connectivity index (χ0) is 18.1. The van der Waals surface area contributed by atoms with Crippen molar-refractivity contribution >= 4 is 28.9 Å². The van der Waals surface area contributed by atoms with Gasteiger partial charge >= 0.3 is 0 Å². The minimum atomic E-state index is -0.253. The van der Waals surface area contributed by atoms with Crippen LogP contribution in [-0.4, -0.2) is 40.7 Å². The van der Waals surface area contributed by atoms with E-state index in [0.717, 1.165) is 30.2 Å². The van der Waals surface area contributed by atoms with Gasteiger partial charge in [0, 0.05) is 40.5 Å². The number of nitrogens with zero attached hydrogens (tertiary/aromatic N) is 2. The van der Waals surface area contributed by atoms with Gasteiger partial charge in [0.2, 0.25) is 0 Å². The number of aromatic nitrogens is 2. The number of amides is 1. The van der Waals surface area contributed by atoms with Crippen molar-refractivity contribution in [3.05, 3.63) is 59.4 Å². The molecule has 132 valence electrons. The number of aromatic amines is 1. The smallest absolute Gasteiger partial charge is 0.256 e. The summed E-state index contributed by atoms with van der Waals surface area (Å²) in [4.78, 5) is 33.2. The van der Waals surface area contributed by atoms with E-state index in [-0.39, 0.29) is 5.91 Å². The fourth-order valence-electron chi connectivity index (χ4n) is 3.50. The molecule has 1 aliphatic heterocycles. The number of hydrogen-bond acceptors (Lipinski definition) is 4. The van der Waals surface area contributed by atoms with Crippen LogP contribution in [0.1, 0.15) is 45.3 Å². The molecule has 3 heterocycles. The number of pyridine rings is 1. The van der Waals surface area contributed by atoms with Crippen LogP contribution >= 0.6 is 0 Å². The first-order valence-electron chi connectivity index (χ1n) is 8.69. The Morgan fingerprint density at radius 3 is 2.81 bits per heavy atom. The summed E-state index contributed by atoms with van der Waals surface area (Å²) >= 11 is 0. The van der Waals surface area contributed by atoms with E-state index in [2.05, 4.69) is 33.3 Å². The number of benzene rings is 1. The number of likely N-dealkylation sites (tertiary alicyclic amines) is 1. The molecule has 1 aromatic carbocycles. The number of aldehydes is 1. The number of carbonyl (C=O) groups is 2. The van der Waals surface area contributed by atoms with Gasteiger partial charge in [-0.2, -0.15) is 0 Å². The number of rotatable bonds is 4. The van der Waals surface area contributed by atoms with Gasteiger partial charge in [-0.3, -0.25) is 14.5 Å². The summed E-state index contributed by atoms with van der Waals surface area (Å²) < 4.78 is 0. The molecular formula is C20H20N4O2. The fraction of sp³-hybridized carbons (Fsp3) is 0.250. The third kappa shape index (κ3) is 3.11. The molecule has 3 aromatic rings. The van der Waals surface area contributed by atoms with Crippen LogP contribution in [0.15, 0.2) is 42.6 Å². The zero-order valence-corrected chi connectivity index (χ0v) is 14.5. The van der Waals surface area contributed by atoms with Gasteiger partial charge in [-0.1, -0.05) is 12.1 Å². The number of hydrogen-bond donors (Lipinski definition) is 2. The Labute approximate surface area is 151 Å². The minimum Gasteiger partial charge on any atom is -0.357 e. The van der Waals surface area contributed by atoms with E-state index in [0.29, 0.717) is 23.0 Å². The molecule has 0 bridgehead atoms. The maximum Gasteiger partial charge on any atom is 0.256 e. The maximum absolute atomic E-state index is 12.4. The van der Waals surface area contributed by atoms with E-state index in [1.165, 1.54) is 12.1 Å². The highest BCUT2D eigenvalue weighted by Gasteiger charge is 2.24. The predicted octanol–water partition coefficient (Wildman–Crippen LogP) is 3.39. The zero-order valence-electron chi connectivity index (χ0n) is 14.5. The van der Waals surface area contributed by atoms with Crippen molar-refractivity contribution in [1.29, 1.82) is 0 Å². The van der Waals surface area contributed by atoms with E-state index in [9.17, 15) is 9.59 Å². The van der Waals surface area contributed by atoms with Crippen LogP contribution in [0.25, 0.3) is 10.9 Å². The molecule has 2 N–H and O–H groups in total. The van der Waals surface area contributed by atoms with Gasteiger partial charge in [0.25, 0.3) is 5.91 Å². The third-order valence-electron chi connectivity index (χ3n) is 4.95. The summed E-state index contributed by atoms with van der Waals surface area (Å²) in [6, 6.07) is 10.9. The second-order valence-corrected chi connectivity index (χ2v) is 6.71. The molecule has 6 heteroatoms. The van der Waals surface area contributed by atoms with Crippen molar-refractivity contribution in [2.75, 3.05) is 18.9 Å². The van der Waals surface area contributed by atoms with E-state index >= 15 is 0 Å². The van der Waals surface area contributed by atoms with E-state index in [1.807, 2.05) is 6.07 Å². The molecule has 1 aliphatic rings. The highest BCUT2D eigenvalue weighted by atomic mass is 16.1. The summed E-state index contributed by atoms with van der Waals surface area (Å²) in [7, 11) is 2.14. The summed E-state index contributed by atoms with van der Waals surface area (Å²) in [5, 5.41) is 3.84. The molecular weight excluding hydrogens is 328 g/mol. The monoisotopic (exact) mass is 348 g/mol.